The highest BCUT2D eigenvalue weighted by molar-refractivity contribution is 6.32. The number of halogens is 1. The summed E-state index contributed by atoms with van der Waals surface area (Å²) in [6.07, 6.45) is 4.74. The van der Waals surface area contributed by atoms with Crippen LogP contribution < -0.4 is 0 Å². The predicted molar refractivity (Wildman–Crippen MR) is 84.1 cm³/mol. The molecule has 2 aliphatic rings. The first-order chi connectivity index (χ1) is 9.38. The van der Waals surface area contributed by atoms with Crippen molar-refractivity contribution in [3.8, 4) is 0 Å². The first-order valence-electron chi connectivity index (χ1n) is 6.99. The van der Waals surface area contributed by atoms with Crippen molar-refractivity contribution >= 4 is 11.6 Å². The molecule has 2 aliphatic heterocycles. The van der Waals surface area contributed by atoms with E-state index in [1.165, 1.54) is 5.57 Å². The highest BCUT2D eigenvalue weighted by atomic mass is 35.5. The minimum absolute atomic E-state index is 0.191. The van der Waals surface area contributed by atoms with Gasteiger partial charge < -0.3 is 10.0 Å². The number of aliphatic hydroxyl groups excluding tert-OH is 1. The van der Waals surface area contributed by atoms with E-state index in [2.05, 4.69) is 43.3 Å². The molecular weight excluding hydrogens is 272 g/mol. The number of β-amino-alcohol motifs (C(OH)–C–C–N with tert-alkyl or cyclic N) is 1. The Bertz CT molecular complexity index is 501. The first kappa shape index (κ1) is 15.4. The smallest absolute Gasteiger partial charge is 0.0679 e. The Kier molecular flexibility index (Phi) is 4.74. The van der Waals surface area contributed by atoms with Gasteiger partial charge in [-0.3, -0.25) is 4.90 Å². The van der Waals surface area contributed by atoms with Gasteiger partial charge in [-0.15, -0.1) is 0 Å². The van der Waals surface area contributed by atoms with Crippen molar-refractivity contribution in [2.24, 2.45) is 0 Å². The number of allylic oxidation sites excluding steroid dienone is 3. The van der Waals surface area contributed by atoms with Gasteiger partial charge in [-0.25, -0.2) is 0 Å². The van der Waals surface area contributed by atoms with Crippen molar-refractivity contribution in [1.82, 2.24) is 9.80 Å². The summed E-state index contributed by atoms with van der Waals surface area (Å²) < 4.78 is 0. The lowest BCUT2D eigenvalue weighted by molar-refractivity contribution is 0.179. The molecule has 0 aliphatic carbocycles. The summed E-state index contributed by atoms with van der Waals surface area (Å²) in [4.78, 5) is 4.31. The molecule has 0 aromatic rings. The molecule has 20 heavy (non-hydrogen) atoms. The Morgan fingerprint density at radius 2 is 2.15 bits per heavy atom. The second-order valence-electron chi connectivity index (χ2n) is 5.78. The summed E-state index contributed by atoms with van der Waals surface area (Å²) in [5.41, 5.74) is 4.36. The molecule has 1 unspecified atom stereocenters. The molecule has 0 amide bonds. The molecule has 0 bridgehead atoms. The van der Waals surface area contributed by atoms with E-state index < -0.39 is 0 Å². The third kappa shape index (κ3) is 3.35. The molecular formula is C16H23ClN2O. The fourth-order valence-corrected chi connectivity index (χ4v) is 2.71. The Morgan fingerprint density at radius 3 is 2.70 bits per heavy atom. The summed E-state index contributed by atoms with van der Waals surface area (Å²) >= 11 is 6.31. The van der Waals surface area contributed by atoms with E-state index in [0.717, 1.165) is 43.0 Å². The van der Waals surface area contributed by atoms with Crippen LogP contribution in [0.3, 0.4) is 0 Å². The molecule has 1 saturated heterocycles. The molecule has 3 nitrogen and oxygen atoms in total. The highest BCUT2D eigenvalue weighted by Crippen LogP contribution is 2.30. The molecule has 1 N–H and O–H groups in total. The van der Waals surface area contributed by atoms with Gasteiger partial charge in [0.15, 0.2) is 0 Å². The van der Waals surface area contributed by atoms with Gasteiger partial charge in [0.05, 0.1) is 16.8 Å². The molecule has 1 fully saturated rings. The van der Waals surface area contributed by atoms with Crippen molar-refractivity contribution in [1.29, 1.82) is 0 Å². The Labute approximate surface area is 126 Å². The zero-order chi connectivity index (χ0) is 14.9. The zero-order valence-corrected chi connectivity index (χ0v) is 13.2. The second kappa shape index (κ2) is 6.17. The molecule has 2 heterocycles. The topological polar surface area (TPSA) is 26.7 Å². The van der Waals surface area contributed by atoms with E-state index in [1.54, 1.807) is 0 Å². The molecule has 0 saturated carbocycles. The molecule has 0 spiro atoms. The normalized spacial score (nSPS) is 23.8. The van der Waals surface area contributed by atoms with Gasteiger partial charge in [-0.05, 0) is 38.8 Å². The van der Waals surface area contributed by atoms with Crippen molar-refractivity contribution in [3.63, 3.8) is 0 Å². The van der Waals surface area contributed by atoms with E-state index in [0.29, 0.717) is 5.03 Å². The molecule has 110 valence electrons. The minimum Gasteiger partial charge on any atom is -0.392 e. The lowest BCUT2D eigenvalue weighted by atomic mass is 10.1. The third-order valence-electron chi connectivity index (χ3n) is 3.91. The van der Waals surface area contributed by atoms with Gasteiger partial charge in [0.25, 0.3) is 0 Å². The van der Waals surface area contributed by atoms with Crippen LogP contribution in [-0.4, -0.2) is 40.6 Å². The van der Waals surface area contributed by atoms with Crippen LogP contribution in [0.2, 0.25) is 0 Å². The summed E-state index contributed by atoms with van der Waals surface area (Å²) in [7, 11) is 0. The molecule has 0 radical (unpaired) electrons. The van der Waals surface area contributed by atoms with Crippen molar-refractivity contribution < 1.29 is 5.11 Å². The van der Waals surface area contributed by atoms with Gasteiger partial charge in [0, 0.05) is 31.5 Å². The van der Waals surface area contributed by atoms with Crippen LogP contribution in [0.25, 0.3) is 0 Å². The van der Waals surface area contributed by atoms with Crippen LogP contribution in [-0.2, 0) is 0 Å². The maximum absolute atomic E-state index is 9.60. The lowest BCUT2D eigenvalue weighted by Crippen LogP contribution is -2.27. The fraction of sp³-hybridized carbons (Fsp3) is 0.500. The number of rotatable bonds is 3. The molecule has 1 atom stereocenters. The monoisotopic (exact) mass is 294 g/mol. The summed E-state index contributed by atoms with van der Waals surface area (Å²) in [5.74, 6) is 0. The van der Waals surface area contributed by atoms with Crippen LogP contribution >= 0.6 is 11.6 Å². The number of hydrogen-bond donors (Lipinski definition) is 1. The first-order valence-corrected chi connectivity index (χ1v) is 7.37. The molecule has 0 aromatic carbocycles. The number of nitrogens with zero attached hydrogens (tertiary/aromatic N) is 2. The maximum Gasteiger partial charge on any atom is 0.0679 e. The molecule has 2 rings (SSSR count). The summed E-state index contributed by atoms with van der Waals surface area (Å²) in [6.45, 7) is 12.8. The standard InChI is InChI=1S/C16H23ClN2O/c1-11(2)12(3)19-9-14(7-16(17)13(19)4)8-18-6-5-15(20)10-18/h7,9,15,20H,4-6,8,10H2,1-3H3. The van der Waals surface area contributed by atoms with E-state index in [9.17, 15) is 5.11 Å². The Morgan fingerprint density at radius 1 is 1.45 bits per heavy atom. The molecule has 0 aromatic heterocycles. The van der Waals surface area contributed by atoms with Crippen LogP contribution in [0.1, 0.15) is 27.2 Å². The third-order valence-corrected chi connectivity index (χ3v) is 4.24. The van der Waals surface area contributed by atoms with Gasteiger partial charge in [-0.1, -0.05) is 23.8 Å². The fourth-order valence-electron chi connectivity index (χ4n) is 2.48. The second-order valence-corrected chi connectivity index (χ2v) is 6.18. The quantitative estimate of drug-likeness (QED) is 0.866. The Hall–Kier alpha value is -1.03. The van der Waals surface area contributed by atoms with E-state index in [1.807, 2.05) is 6.08 Å². The lowest BCUT2D eigenvalue weighted by Gasteiger charge is -2.30. The van der Waals surface area contributed by atoms with E-state index >= 15 is 0 Å². The largest absolute Gasteiger partial charge is 0.392 e. The van der Waals surface area contributed by atoms with Gasteiger partial charge in [0.1, 0.15) is 0 Å². The van der Waals surface area contributed by atoms with Crippen molar-refractivity contribution in [3.05, 3.63) is 46.4 Å². The van der Waals surface area contributed by atoms with Crippen LogP contribution in [0.4, 0.5) is 0 Å². The average molecular weight is 295 g/mol. The van der Waals surface area contributed by atoms with Crippen LogP contribution in [0, 0.1) is 0 Å². The SMILES string of the molecule is C=C1C(Cl)=CC(CN2CCC(O)C2)=CN1C(C)=C(C)C. The number of aliphatic hydroxyl groups is 1. The van der Waals surface area contributed by atoms with E-state index in [4.69, 9.17) is 11.6 Å². The van der Waals surface area contributed by atoms with Crippen molar-refractivity contribution in [2.45, 2.75) is 33.3 Å². The van der Waals surface area contributed by atoms with E-state index in [-0.39, 0.29) is 6.10 Å². The maximum atomic E-state index is 9.60. The number of likely N-dealkylation sites (tertiary alicyclic amines) is 1. The van der Waals surface area contributed by atoms with Crippen LogP contribution in [0.15, 0.2) is 46.4 Å². The zero-order valence-electron chi connectivity index (χ0n) is 12.5. The van der Waals surface area contributed by atoms with Crippen molar-refractivity contribution in [2.75, 3.05) is 19.6 Å². The minimum atomic E-state index is -0.191. The van der Waals surface area contributed by atoms with Gasteiger partial charge in [-0.2, -0.15) is 0 Å². The average Bonchev–Trinajstić information content (AvgIpc) is 2.78. The Balaban J connectivity index is 2.17. The molecule has 4 heteroatoms. The van der Waals surface area contributed by atoms with Crippen LogP contribution in [0.5, 0.6) is 0 Å². The number of hydrogen-bond acceptors (Lipinski definition) is 3. The predicted octanol–water partition coefficient (Wildman–Crippen LogP) is 3.20. The highest BCUT2D eigenvalue weighted by Gasteiger charge is 2.23. The van der Waals surface area contributed by atoms with Gasteiger partial charge >= 0.3 is 0 Å². The summed E-state index contributed by atoms with van der Waals surface area (Å²) in [5, 5.41) is 10.3. The van der Waals surface area contributed by atoms with Gasteiger partial charge in [0.2, 0.25) is 0 Å². The summed E-state index contributed by atoms with van der Waals surface area (Å²) in [6, 6.07) is 0.